The molecule has 5 rings (SSSR count). The number of likely N-dealkylation sites (tertiary alicyclic amines) is 1. The largest absolute Gasteiger partial charge is 0.337 e. The fourth-order valence-corrected chi connectivity index (χ4v) is 5.42. The van der Waals surface area contributed by atoms with Gasteiger partial charge >= 0.3 is 0 Å². The molecule has 2 aliphatic heterocycles. The van der Waals surface area contributed by atoms with Crippen molar-refractivity contribution >= 4 is 28.6 Å². The second kappa shape index (κ2) is 5.51. The number of amides is 1. The van der Waals surface area contributed by atoms with Crippen molar-refractivity contribution in [1.29, 1.82) is 0 Å². The Labute approximate surface area is 154 Å². The fraction of sp³-hybridized carbons (Fsp3) is 0.389. The molecule has 0 N–H and O–H groups in total. The molecule has 1 unspecified atom stereocenters. The van der Waals surface area contributed by atoms with Crippen LogP contribution in [0.1, 0.15) is 27.7 Å². The third-order valence-electron chi connectivity index (χ3n) is 5.30. The molecule has 0 aliphatic carbocycles. The Morgan fingerprint density at radius 1 is 1.32 bits per heavy atom. The van der Waals surface area contributed by atoms with Crippen LogP contribution in [0.15, 0.2) is 29.1 Å². The van der Waals surface area contributed by atoms with Gasteiger partial charge < -0.3 is 9.47 Å². The molecule has 0 aromatic carbocycles. The Hall–Kier alpha value is -1.99. The molecule has 0 bridgehead atoms. The van der Waals surface area contributed by atoms with Crippen LogP contribution in [0, 0.1) is 12.3 Å². The first-order chi connectivity index (χ1) is 12.1. The van der Waals surface area contributed by atoms with Crippen LogP contribution in [-0.4, -0.2) is 38.4 Å². The number of carbonyl (C=O) groups excluding carboxylic acids is 1. The molecular formula is C18H18N4OS2. The fourth-order valence-electron chi connectivity index (χ4n) is 4.08. The van der Waals surface area contributed by atoms with E-state index in [0.717, 1.165) is 43.3 Å². The summed E-state index contributed by atoms with van der Waals surface area (Å²) in [7, 11) is 0. The minimum Gasteiger partial charge on any atom is -0.337 e. The Kier molecular flexibility index (Phi) is 3.36. The van der Waals surface area contributed by atoms with E-state index in [4.69, 9.17) is 0 Å². The van der Waals surface area contributed by atoms with Crippen molar-refractivity contribution in [2.75, 3.05) is 13.1 Å². The molecule has 2 aliphatic rings. The molecule has 128 valence electrons. The highest BCUT2D eigenvalue weighted by Gasteiger charge is 2.46. The number of thiophene rings is 1. The van der Waals surface area contributed by atoms with Gasteiger partial charge in [0.05, 0.1) is 21.8 Å². The van der Waals surface area contributed by atoms with E-state index in [1.165, 1.54) is 21.9 Å². The molecule has 1 atom stereocenters. The maximum Gasteiger partial charge on any atom is 0.273 e. The third-order valence-corrected chi connectivity index (χ3v) is 6.97. The van der Waals surface area contributed by atoms with Gasteiger partial charge in [-0.2, -0.15) is 0 Å². The predicted molar refractivity (Wildman–Crippen MR) is 99.0 cm³/mol. The molecule has 25 heavy (non-hydrogen) atoms. The normalized spacial score (nSPS) is 22.0. The monoisotopic (exact) mass is 370 g/mol. The van der Waals surface area contributed by atoms with Crippen LogP contribution >= 0.6 is 22.7 Å². The van der Waals surface area contributed by atoms with Crippen molar-refractivity contribution in [2.45, 2.75) is 26.3 Å². The summed E-state index contributed by atoms with van der Waals surface area (Å²) < 4.78 is 2.35. The molecule has 1 spiro atoms. The lowest BCUT2D eigenvalue weighted by molar-refractivity contribution is 0.0766. The van der Waals surface area contributed by atoms with Crippen molar-refractivity contribution in [3.8, 4) is 10.6 Å². The van der Waals surface area contributed by atoms with Crippen molar-refractivity contribution < 1.29 is 4.79 Å². The van der Waals surface area contributed by atoms with Crippen LogP contribution in [0.5, 0.6) is 0 Å². The summed E-state index contributed by atoms with van der Waals surface area (Å²) in [4.78, 5) is 25.0. The van der Waals surface area contributed by atoms with Crippen LogP contribution < -0.4 is 0 Å². The lowest BCUT2D eigenvalue weighted by Crippen LogP contribution is -2.33. The summed E-state index contributed by atoms with van der Waals surface area (Å²) in [6.07, 6.45) is 3.98. The smallest absolute Gasteiger partial charge is 0.273 e. The first-order valence-electron chi connectivity index (χ1n) is 8.43. The summed E-state index contributed by atoms with van der Waals surface area (Å²) in [6, 6.07) is 4.23. The number of thiazole rings is 1. The van der Waals surface area contributed by atoms with Gasteiger partial charge in [0.25, 0.3) is 5.91 Å². The maximum atomic E-state index is 12.7. The predicted octanol–water partition coefficient (Wildman–Crippen LogP) is 3.47. The molecule has 0 radical (unpaired) electrons. The number of imidazole rings is 1. The molecule has 3 aromatic heterocycles. The van der Waals surface area contributed by atoms with Gasteiger partial charge in [-0.05, 0) is 24.8 Å². The topological polar surface area (TPSA) is 51.0 Å². The number of fused-ring (bicyclic) bond motifs is 1. The highest BCUT2D eigenvalue weighted by Crippen LogP contribution is 2.43. The molecule has 5 heterocycles. The van der Waals surface area contributed by atoms with E-state index in [1.54, 1.807) is 11.3 Å². The standard InChI is InChI=1S/C18H18N4OS2/c1-12-20-13(9-25-12)17(23)21-5-4-18(10-21)7-16-19-8-14(22(16)11-18)15-3-2-6-24-15/h2-3,6,8-9H,4-5,7,10-11H2,1H3. The Morgan fingerprint density at radius 3 is 3.00 bits per heavy atom. The summed E-state index contributed by atoms with van der Waals surface area (Å²) in [6.45, 7) is 4.51. The lowest BCUT2D eigenvalue weighted by Gasteiger charge is -2.23. The molecule has 1 amide bonds. The number of rotatable bonds is 2. The Balaban J connectivity index is 1.37. The van der Waals surface area contributed by atoms with E-state index in [0.29, 0.717) is 5.69 Å². The van der Waals surface area contributed by atoms with Gasteiger partial charge in [-0.1, -0.05) is 6.07 Å². The Morgan fingerprint density at radius 2 is 2.24 bits per heavy atom. The SMILES string of the molecule is Cc1nc(C(=O)N2CCC3(Cc4ncc(-c5cccs5)n4C3)C2)cs1. The molecular weight excluding hydrogens is 352 g/mol. The first-order valence-corrected chi connectivity index (χ1v) is 10.2. The number of aryl methyl sites for hydroxylation is 1. The second-order valence-electron chi connectivity index (χ2n) is 7.03. The lowest BCUT2D eigenvalue weighted by atomic mass is 9.86. The van der Waals surface area contributed by atoms with E-state index in [1.807, 2.05) is 23.4 Å². The Bertz CT molecular complexity index is 942. The maximum absolute atomic E-state index is 12.7. The van der Waals surface area contributed by atoms with Gasteiger partial charge in [0.15, 0.2) is 0 Å². The molecule has 3 aromatic rings. The van der Waals surface area contributed by atoms with Gasteiger partial charge in [-0.15, -0.1) is 22.7 Å². The number of nitrogens with zero attached hydrogens (tertiary/aromatic N) is 4. The molecule has 0 saturated carbocycles. The van der Waals surface area contributed by atoms with Crippen LogP contribution in [0.2, 0.25) is 0 Å². The molecule has 5 nitrogen and oxygen atoms in total. The summed E-state index contributed by atoms with van der Waals surface area (Å²) in [5.74, 6) is 1.23. The highest BCUT2D eigenvalue weighted by molar-refractivity contribution is 7.13. The molecule has 7 heteroatoms. The molecule has 1 fully saturated rings. The summed E-state index contributed by atoms with van der Waals surface area (Å²) >= 11 is 3.29. The van der Waals surface area contributed by atoms with E-state index in [-0.39, 0.29) is 11.3 Å². The van der Waals surface area contributed by atoms with Crippen molar-refractivity contribution in [1.82, 2.24) is 19.4 Å². The van der Waals surface area contributed by atoms with Crippen molar-refractivity contribution in [3.63, 3.8) is 0 Å². The van der Waals surface area contributed by atoms with E-state index < -0.39 is 0 Å². The second-order valence-corrected chi connectivity index (χ2v) is 9.04. The van der Waals surface area contributed by atoms with E-state index >= 15 is 0 Å². The average molecular weight is 371 g/mol. The number of hydrogen-bond donors (Lipinski definition) is 0. The van der Waals surface area contributed by atoms with Crippen molar-refractivity contribution in [3.05, 3.63) is 45.6 Å². The average Bonchev–Trinajstić information content (AvgIpc) is 3.36. The summed E-state index contributed by atoms with van der Waals surface area (Å²) in [5.41, 5.74) is 1.94. The van der Waals surface area contributed by atoms with Crippen molar-refractivity contribution in [2.24, 2.45) is 5.41 Å². The number of carbonyl (C=O) groups is 1. The zero-order chi connectivity index (χ0) is 17.0. The third kappa shape index (κ3) is 2.45. The zero-order valence-corrected chi connectivity index (χ0v) is 15.6. The number of aromatic nitrogens is 3. The van der Waals surface area contributed by atoms with E-state index in [9.17, 15) is 4.79 Å². The van der Waals surface area contributed by atoms with Gasteiger partial charge in [0.1, 0.15) is 11.5 Å². The first kappa shape index (κ1) is 15.3. The zero-order valence-electron chi connectivity index (χ0n) is 13.9. The summed E-state index contributed by atoms with van der Waals surface area (Å²) in [5, 5.41) is 4.92. The van der Waals surface area contributed by atoms with Crippen LogP contribution in [-0.2, 0) is 13.0 Å². The minimum absolute atomic E-state index is 0.0734. The van der Waals surface area contributed by atoms with Crippen LogP contribution in [0.25, 0.3) is 10.6 Å². The number of hydrogen-bond acceptors (Lipinski definition) is 5. The van der Waals surface area contributed by atoms with E-state index in [2.05, 4.69) is 32.0 Å². The van der Waals surface area contributed by atoms with Crippen LogP contribution in [0.4, 0.5) is 0 Å². The van der Waals surface area contributed by atoms with Gasteiger partial charge in [0, 0.05) is 36.9 Å². The van der Waals surface area contributed by atoms with Gasteiger partial charge in [-0.3, -0.25) is 4.79 Å². The van der Waals surface area contributed by atoms with Crippen LogP contribution in [0.3, 0.4) is 0 Å². The highest BCUT2D eigenvalue weighted by atomic mass is 32.1. The quantitative estimate of drug-likeness (QED) is 0.694. The minimum atomic E-state index is 0.0734. The van der Waals surface area contributed by atoms with Gasteiger partial charge in [-0.25, -0.2) is 9.97 Å². The van der Waals surface area contributed by atoms with Gasteiger partial charge in [0.2, 0.25) is 0 Å². The molecule has 1 saturated heterocycles.